The number of sulfonamides is 1. The summed E-state index contributed by atoms with van der Waals surface area (Å²) in [4.78, 5) is 2.33. The molecule has 2 atom stereocenters. The monoisotopic (exact) mass is 634 g/mol. The first kappa shape index (κ1) is 33.7. The van der Waals surface area contributed by atoms with Gasteiger partial charge in [-0.3, -0.25) is 0 Å². The van der Waals surface area contributed by atoms with Gasteiger partial charge in [0.2, 0.25) is 10.0 Å². The van der Waals surface area contributed by atoms with E-state index in [0.29, 0.717) is 23.3 Å². The second-order valence-electron chi connectivity index (χ2n) is 11.6. The molecule has 0 aromatic heterocycles. The average Bonchev–Trinajstić information content (AvgIpc) is 3.02. The van der Waals surface area contributed by atoms with Gasteiger partial charge in [0.05, 0.1) is 4.90 Å². The summed E-state index contributed by atoms with van der Waals surface area (Å²) in [6.07, 6.45) is 6.11. The fourth-order valence-corrected chi connectivity index (χ4v) is 8.43. The van der Waals surface area contributed by atoms with Crippen LogP contribution in [0.3, 0.4) is 0 Å². The predicted octanol–water partition coefficient (Wildman–Crippen LogP) is 8.26. The van der Waals surface area contributed by atoms with Gasteiger partial charge in [-0.05, 0) is 84.4 Å². The molecular formula is C36H46N2O4S2. The van der Waals surface area contributed by atoms with E-state index in [9.17, 15) is 18.6 Å². The summed E-state index contributed by atoms with van der Waals surface area (Å²) >= 11 is 1.97. The van der Waals surface area contributed by atoms with Crippen LogP contribution in [0.15, 0.2) is 89.8 Å². The van der Waals surface area contributed by atoms with E-state index >= 15 is 0 Å². The number of benzene rings is 4. The van der Waals surface area contributed by atoms with Crippen molar-refractivity contribution in [2.45, 2.75) is 62.2 Å². The Morgan fingerprint density at radius 1 is 0.727 bits per heavy atom. The molecule has 0 heterocycles. The number of aromatic hydroxyl groups is 2. The van der Waals surface area contributed by atoms with Gasteiger partial charge in [0.1, 0.15) is 11.5 Å². The van der Waals surface area contributed by atoms with E-state index in [1.165, 1.54) is 11.1 Å². The Balaban J connectivity index is 1.21. The average molecular weight is 635 g/mol. The molecule has 236 valence electrons. The highest BCUT2D eigenvalue weighted by molar-refractivity contribution is 7.99. The van der Waals surface area contributed by atoms with Crippen molar-refractivity contribution in [2.75, 3.05) is 37.0 Å². The van der Waals surface area contributed by atoms with Crippen LogP contribution in [0.25, 0.3) is 10.8 Å². The van der Waals surface area contributed by atoms with Gasteiger partial charge in [0, 0.05) is 42.9 Å². The van der Waals surface area contributed by atoms with Crippen LogP contribution in [0.1, 0.15) is 68.4 Å². The van der Waals surface area contributed by atoms with E-state index in [0.717, 1.165) is 66.5 Å². The number of hydrogen-bond acceptors (Lipinski definition) is 6. The Morgan fingerprint density at radius 3 is 1.93 bits per heavy atom. The highest BCUT2D eigenvalue weighted by atomic mass is 32.2. The highest BCUT2D eigenvalue weighted by Gasteiger charge is 2.24. The minimum atomic E-state index is -3.60. The predicted molar refractivity (Wildman–Crippen MR) is 186 cm³/mol. The number of rotatable bonds is 17. The number of hydrogen-bond donors (Lipinski definition) is 3. The summed E-state index contributed by atoms with van der Waals surface area (Å²) in [6, 6.07) is 26.4. The third kappa shape index (κ3) is 8.93. The molecule has 44 heavy (non-hydrogen) atoms. The van der Waals surface area contributed by atoms with Crippen molar-refractivity contribution in [3.8, 4) is 11.5 Å². The van der Waals surface area contributed by atoms with Crippen molar-refractivity contribution in [2.24, 2.45) is 0 Å². The molecule has 4 rings (SSSR count). The fourth-order valence-electron chi connectivity index (χ4n) is 5.88. The fraction of sp³-hybridized carbons (Fsp3) is 0.389. The number of phenols is 2. The minimum Gasteiger partial charge on any atom is -0.508 e. The van der Waals surface area contributed by atoms with Crippen LogP contribution in [0, 0.1) is 0 Å². The van der Waals surface area contributed by atoms with Crippen molar-refractivity contribution >= 4 is 38.2 Å². The number of unbranched alkanes of at least 4 members (excludes halogenated alkanes) is 4. The Bertz CT molecular complexity index is 1570. The van der Waals surface area contributed by atoms with Crippen molar-refractivity contribution in [1.82, 2.24) is 4.72 Å². The standard InChI is InChI=1S/C36H46N2O4S2/c1-4-31(27-16-20-29(39)21-17-27)34(28-18-22-30(40)23-19-28)26-43-25-9-7-5-6-8-24-37-44(41,42)36-15-11-12-32-33(36)13-10-14-35(32)38(2)3/h10-23,31,34,37,39-40H,4-9,24-26H2,1-3H3. The van der Waals surface area contributed by atoms with E-state index < -0.39 is 10.0 Å². The Hall–Kier alpha value is -3.20. The molecular weight excluding hydrogens is 589 g/mol. The first-order valence-corrected chi connectivity index (χ1v) is 18.2. The molecule has 3 N–H and O–H groups in total. The Labute approximate surface area is 267 Å². The van der Waals surface area contributed by atoms with Crippen LogP contribution < -0.4 is 9.62 Å². The van der Waals surface area contributed by atoms with Crippen LogP contribution in [0.5, 0.6) is 11.5 Å². The molecule has 6 nitrogen and oxygen atoms in total. The second-order valence-corrected chi connectivity index (χ2v) is 14.5. The molecule has 0 radical (unpaired) electrons. The van der Waals surface area contributed by atoms with Crippen molar-refractivity contribution < 1.29 is 18.6 Å². The van der Waals surface area contributed by atoms with E-state index in [4.69, 9.17) is 0 Å². The molecule has 0 bridgehead atoms. The van der Waals surface area contributed by atoms with Crippen LogP contribution in [-0.2, 0) is 10.0 Å². The van der Waals surface area contributed by atoms with Gasteiger partial charge in [-0.25, -0.2) is 13.1 Å². The van der Waals surface area contributed by atoms with E-state index in [1.807, 2.05) is 85.4 Å². The van der Waals surface area contributed by atoms with E-state index in [-0.39, 0.29) is 11.5 Å². The first-order chi connectivity index (χ1) is 21.2. The third-order valence-corrected chi connectivity index (χ3v) is 10.9. The molecule has 0 saturated heterocycles. The summed E-state index contributed by atoms with van der Waals surface area (Å²) in [7, 11) is 0.325. The van der Waals surface area contributed by atoms with Crippen molar-refractivity contribution in [3.05, 3.63) is 96.1 Å². The molecule has 0 aliphatic carbocycles. The topological polar surface area (TPSA) is 89.9 Å². The number of phenolic OH excluding ortho intramolecular Hbond substituents is 2. The summed E-state index contributed by atoms with van der Waals surface area (Å²) in [5, 5.41) is 21.3. The number of fused-ring (bicyclic) bond motifs is 1. The van der Waals surface area contributed by atoms with Gasteiger partial charge in [-0.15, -0.1) is 0 Å². The zero-order valence-corrected chi connectivity index (χ0v) is 27.7. The maximum atomic E-state index is 13.1. The lowest BCUT2D eigenvalue weighted by Gasteiger charge is -2.27. The lowest BCUT2D eigenvalue weighted by molar-refractivity contribution is 0.472. The van der Waals surface area contributed by atoms with E-state index in [2.05, 4.69) is 11.6 Å². The molecule has 4 aromatic carbocycles. The van der Waals surface area contributed by atoms with Crippen molar-refractivity contribution in [3.63, 3.8) is 0 Å². The lowest BCUT2D eigenvalue weighted by atomic mass is 9.81. The van der Waals surface area contributed by atoms with Crippen LogP contribution in [0.4, 0.5) is 5.69 Å². The summed E-state index contributed by atoms with van der Waals surface area (Å²) in [6.45, 7) is 2.64. The quantitative estimate of drug-likeness (QED) is 0.101. The Kier molecular flexibility index (Phi) is 12.4. The van der Waals surface area contributed by atoms with Crippen LogP contribution in [0.2, 0.25) is 0 Å². The normalized spacial score (nSPS) is 13.2. The second kappa shape index (κ2) is 16.2. The van der Waals surface area contributed by atoms with E-state index in [1.54, 1.807) is 30.3 Å². The zero-order valence-electron chi connectivity index (χ0n) is 26.1. The van der Waals surface area contributed by atoms with Crippen LogP contribution >= 0.6 is 11.8 Å². The smallest absolute Gasteiger partial charge is 0.241 e. The number of nitrogens with one attached hydrogen (secondary N) is 1. The molecule has 0 spiro atoms. The lowest BCUT2D eigenvalue weighted by Crippen LogP contribution is -2.25. The van der Waals surface area contributed by atoms with Gasteiger partial charge >= 0.3 is 0 Å². The molecule has 0 saturated carbocycles. The third-order valence-electron chi connectivity index (χ3n) is 8.25. The van der Waals surface area contributed by atoms with Gasteiger partial charge in [0.15, 0.2) is 0 Å². The molecule has 0 aliphatic rings. The molecule has 4 aromatic rings. The van der Waals surface area contributed by atoms with Crippen LogP contribution in [-0.4, -0.2) is 50.8 Å². The van der Waals surface area contributed by atoms with Crippen molar-refractivity contribution in [1.29, 1.82) is 0 Å². The van der Waals surface area contributed by atoms with Gasteiger partial charge in [0.25, 0.3) is 0 Å². The maximum absolute atomic E-state index is 13.1. The summed E-state index contributed by atoms with van der Waals surface area (Å²) in [5.41, 5.74) is 3.44. The van der Waals surface area contributed by atoms with Gasteiger partial charge < -0.3 is 15.1 Å². The largest absolute Gasteiger partial charge is 0.508 e. The number of anilines is 1. The van der Waals surface area contributed by atoms with Gasteiger partial charge in [-0.1, -0.05) is 74.7 Å². The SMILES string of the molecule is CCC(c1ccc(O)cc1)C(CSCCCCCCCNS(=O)(=O)c1cccc2c(N(C)C)cccc12)c1ccc(O)cc1. The van der Waals surface area contributed by atoms with Gasteiger partial charge in [-0.2, -0.15) is 11.8 Å². The molecule has 0 aliphatic heterocycles. The summed E-state index contributed by atoms with van der Waals surface area (Å²) < 4.78 is 29.1. The summed E-state index contributed by atoms with van der Waals surface area (Å²) in [5.74, 6) is 3.23. The molecule has 8 heteroatoms. The Morgan fingerprint density at radius 2 is 1.30 bits per heavy atom. The number of nitrogens with zero attached hydrogens (tertiary/aromatic N) is 1. The molecule has 0 fully saturated rings. The first-order valence-electron chi connectivity index (χ1n) is 15.6. The number of thioether (sulfide) groups is 1. The molecule has 0 amide bonds. The zero-order chi connectivity index (χ0) is 31.5. The maximum Gasteiger partial charge on any atom is 0.241 e. The minimum absolute atomic E-state index is 0.276. The molecule has 2 unspecified atom stereocenters. The highest BCUT2D eigenvalue weighted by Crippen LogP contribution is 2.39.